The molecule has 0 saturated carbocycles. The summed E-state index contributed by atoms with van der Waals surface area (Å²) >= 11 is 6.10. The lowest BCUT2D eigenvalue weighted by Crippen LogP contribution is -2.56. The summed E-state index contributed by atoms with van der Waals surface area (Å²) in [6.45, 7) is 2.71. The number of rotatable bonds is 9. The third-order valence-corrected chi connectivity index (χ3v) is 8.33. The predicted molar refractivity (Wildman–Crippen MR) is 159 cm³/mol. The molecule has 11 heteroatoms. The molecule has 0 aliphatic carbocycles. The molecule has 1 unspecified atom stereocenters. The molecule has 0 aromatic heterocycles. The van der Waals surface area contributed by atoms with Crippen LogP contribution in [0.2, 0.25) is 5.02 Å². The third-order valence-electron chi connectivity index (χ3n) is 7.91. The highest BCUT2D eigenvalue weighted by Gasteiger charge is 2.36. The Morgan fingerprint density at radius 1 is 1.07 bits per heavy atom. The summed E-state index contributed by atoms with van der Waals surface area (Å²) in [7, 11) is 0. The van der Waals surface area contributed by atoms with Crippen LogP contribution in [0.5, 0.6) is 0 Å². The first-order chi connectivity index (χ1) is 20.2. The number of nitrogens with one attached hydrogen (secondary N) is 2. The Labute approximate surface area is 251 Å². The molecule has 2 aromatic rings. The van der Waals surface area contributed by atoms with Crippen molar-refractivity contribution in [2.24, 2.45) is 5.73 Å². The first-order valence-corrected chi connectivity index (χ1v) is 14.7. The van der Waals surface area contributed by atoms with Gasteiger partial charge < -0.3 is 26.2 Å². The normalized spacial score (nSPS) is 18.8. The van der Waals surface area contributed by atoms with Crippen molar-refractivity contribution in [3.63, 3.8) is 0 Å². The van der Waals surface area contributed by atoms with Crippen LogP contribution in [0.1, 0.15) is 55.2 Å². The number of amides is 4. The number of anilines is 1. The number of aryl methyl sites for hydroxylation is 1. The van der Waals surface area contributed by atoms with E-state index >= 15 is 0 Å². The summed E-state index contributed by atoms with van der Waals surface area (Å²) in [4.78, 5) is 56.3. The number of carbonyl (C=O) groups excluding carboxylic acids is 4. The summed E-state index contributed by atoms with van der Waals surface area (Å²) in [5.74, 6) is -1.46. The fraction of sp³-hybridized carbons (Fsp3) is 0.452. The van der Waals surface area contributed by atoms with E-state index in [2.05, 4.69) is 16.7 Å². The Balaban J connectivity index is 1.47. The molecule has 4 amide bonds. The van der Waals surface area contributed by atoms with Crippen molar-refractivity contribution in [3.8, 4) is 6.07 Å². The van der Waals surface area contributed by atoms with Crippen LogP contribution in [-0.4, -0.2) is 64.6 Å². The van der Waals surface area contributed by atoms with Gasteiger partial charge in [0.1, 0.15) is 18.1 Å². The Kier molecular flexibility index (Phi) is 10.6. The molecule has 2 aromatic carbocycles. The van der Waals surface area contributed by atoms with Gasteiger partial charge in [0, 0.05) is 43.1 Å². The van der Waals surface area contributed by atoms with Gasteiger partial charge in [0.05, 0.1) is 6.07 Å². The molecule has 10 nitrogen and oxygen atoms in total. The van der Waals surface area contributed by atoms with Crippen molar-refractivity contribution in [1.29, 1.82) is 5.26 Å². The molecule has 0 radical (unpaired) electrons. The average molecular weight is 593 g/mol. The monoisotopic (exact) mass is 592 g/mol. The third kappa shape index (κ3) is 7.46. The molecular formula is C31H37ClN6O4. The fourth-order valence-corrected chi connectivity index (χ4v) is 5.66. The number of hydrogen-bond acceptors (Lipinski definition) is 6. The molecule has 2 heterocycles. The molecular weight excluding hydrogens is 556 g/mol. The molecule has 0 spiro atoms. The number of nitrogens with zero attached hydrogens (tertiary/aromatic N) is 3. The van der Waals surface area contributed by atoms with Gasteiger partial charge in [-0.2, -0.15) is 5.26 Å². The van der Waals surface area contributed by atoms with E-state index in [1.165, 1.54) is 4.90 Å². The van der Waals surface area contributed by atoms with E-state index in [9.17, 15) is 24.4 Å². The van der Waals surface area contributed by atoms with Crippen LogP contribution < -0.4 is 16.4 Å². The fourth-order valence-electron chi connectivity index (χ4n) is 5.54. The molecule has 3 atom stereocenters. The highest BCUT2D eigenvalue weighted by Crippen LogP contribution is 2.26. The number of benzene rings is 2. The Morgan fingerprint density at radius 3 is 2.48 bits per heavy atom. The lowest BCUT2D eigenvalue weighted by atomic mass is 9.92. The Hall–Kier alpha value is -3.94. The van der Waals surface area contributed by atoms with Crippen molar-refractivity contribution >= 4 is 40.9 Å². The van der Waals surface area contributed by atoms with E-state index in [1.807, 2.05) is 31.2 Å². The quantitative estimate of drug-likeness (QED) is 0.407. The van der Waals surface area contributed by atoms with Gasteiger partial charge in [-0.1, -0.05) is 35.9 Å². The van der Waals surface area contributed by atoms with Gasteiger partial charge in [-0.3, -0.25) is 19.2 Å². The zero-order chi connectivity index (χ0) is 30.2. The van der Waals surface area contributed by atoms with Crippen LogP contribution in [0.4, 0.5) is 5.69 Å². The number of nitrogens with two attached hydrogens (primary N) is 1. The van der Waals surface area contributed by atoms with Gasteiger partial charge >= 0.3 is 0 Å². The maximum Gasteiger partial charge on any atom is 0.246 e. The molecule has 4 rings (SSSR count). The molecule has 42 heavy (non-hydrogen) atoms. The number of fused-ring (bicyclic) bond motifs is 1. The number of halogens is 1. The first kappa shape index (κ1) is 31.0. The first-order valence-electron chi connectivity index (χ1n) is 14.3. The van der Waals surface area contributed by atoms with Crippen LogP contribution in [0.25, 0.3) is 0 Å². The minimum absolute atomic E-state index is 0.0395. The van der Waals surface area contributed by atoms with Gasteiger partial charge in [-0.05, 0) is 74.0 Å². The summed E-state index contributed by atoms with van der Waals surface area (Å²) in [6.07, 6.45) is 2.72. The number of carbonyl (C=O) groups is 4. The van der Waals surface area contributed by atoms with Gasteiger partial charge in [-0.25, -0.2) is 0 Å². The SMILES string of the molecule is Cc1cc(NC(=O)[C@H](CCN)NC(=O)[C@@H]2Cc3ccccc3CN2C(=O)CCC(=O)N2CCCCC2C#N)ccc1Cl. The molecule has 2 aliphatic rings. The summed E-state index contributed by atoms with van der Waals surface area (Å²) < 4.78 is 0. The molecule has 1 fully saturated rings. The van der Waals surface area contributed by atoms with Gasteiger partial charge in [-0.15, -0.1) is 0 Å². The van der Waals surface area contributed by atoms with Crippen molar-refractivity contribution in [2.75, 3.05) is 18.4 Å². The van der Waals surface area contributed by atoms with Crippen molar-refractivity contribution in [3.05, 3.63) is 64.2 Å². The maximum absolute atomic E-state index is 13.7. The van der Waals surface area contributed by atoms with Gasteiger partial charge in [0.25, 0.3) is 0 Å². The lowest BCUT2D eigenvalue weighted by Gasteiger charge is -2.37. The topological polar surface area (TPSA) is 149 Å². The number of nitriles is 1. The second kappa shape index (κ2) is 14.3. The highest BCUT2D eigenvalue weighted by atomic mass is 35.5. The second-order valence-electron chi connectivity index (χ2n) is 10.8. The Morgan fingerprint density at radius 2 is 1.79 bits per heavy atom. The van der Waals surface area contributed by atoms with Gasteiger partial charge in [0.2, 0.25) is 23.6 Å². The van der Waals surface area contributed by atoms with Crippen molar-refractivity contribution in [2.45, 2.75) is 76.5 Å². The second-order valence-corrected chi connectivity index (χ2v) is 11.2. The van der Waals surface area contributed by atoms with Gasteiger partial charge in [0.15, 0.2) is 0 Å². The highest BCUT2D eigenvalue weighted by molar-refractivity contribution is 6.31. The largest absolute Gasteiger partial charge is 0.342 e. The van der Waals surface area contributed by atoms with Crippen LogP contribution in [0, 0.1) is 18.3 Å². The summed E-state index contributed by atoms with van der Waals surface area (Å²) in [6, 6.07) is 12.6. The van der Waals surface area contributed by atoms with Crippen LogP contribution in [0.3, 0.4) is 0 Å². The van der Waals surface area contributed by atoms with Crippen LogP contribution >= 0.6 is 11.6 Å². The smallest absolute Gasteiger partial charge is 0.246 e. The van der Waals surface area contributed by atoms with Crippen molar-refractivity contribution < 1.29 is 19.2 Å². The lowest BCUT2D eigenvalue weighted by molar-refractivity contribution is -0.144. The van der Waals surface area contributed by atoms with E-state index in [0.717, 1.165) is 29.5 Å². The standard InChI is InChI=1S/C31H37ClN6O4/c1-20-16-23(9-10-25(20)32)35-30(41)26(13-14-33)36-31(42)27-17-21-6-2-3-7-22(21)19-38(27)29(40)12-11-28(39)37-15-5-4-8-24(37)18-34/h2-3,6-7,9-10,16,24,26-27H,4-5,8,11-15,17,19,33H2,1H3,(H,35,41)(H,36,42)/t24?,26-,27-/m0/s1. The van der Waals surface area contributed by atoms with Crippen LogP contribution in [0.15, 0.2) is 42.5 Å². The molecule has 1 saturated heterocycles. The average Bonchev–Trinajstić information content (AvgIpc) is 3.00. The van der Waals surface area contributed by atoms with E-state index < -0.39 is 29.9 Å². The summed E-state index contributed by atoms with van der Waals surface area (Å²) in [5, 5.41) is 15.6. The van der Waals surface area contributed by atoms with E-state index in [4.69, 9.17) is 17.3 Å². The zero-order valence-corrected chi connectivity index (χ0v) is 24.5. The molecule has 222 valence electrons. The minimum Gasteiger partial charge on any atom is -0.342 e. The zero-order valence-electron chi connectivity index (χ0n) is 23.8. The molecule has 4 N–H and O–H groups in total. The van der Waals surface area contributed by atoms with E-state index in [0.29, 0.717) is 23.7 Å². The number of likely N-dealkylation sites (tertiary alicyclic amines) is 1. The Bertz CT molecular complexity index is 1380. The molecule has 0 bridgehead atoms. The van der Waals surface area contributed by atoms with E-state index in [-0.39, 0.29) is 50.6 Å². The predicted octanol–water partition coefficient (Wildman–Crippen LogP) is 3.06. The number of piperidine rings is 1. The molecule has 2 aliphatic heterocycles. The van der Waals surface area contributed by atoms with Crippen LogP contribution in [-0.2, 0) is 32.1 Å². The minimum atomic E-state index is -0.920. The summed E-state index contributed by atoms with van der Waals surface area (Å²) in [5.41, 5.74) is 8.99. The van der Waals surface area contributed by atoms with Crippen molar-refractivity contribution in [1.82, 2.24) is 15.1 Å². The maximum atomic E-state index is 13.7. The van der Waals surface area contributed by atoms with E-state index in [1.54, 1.807) is 23.1 Å². The number of hydrogen-bond donors (Lipinski definition) is 3.